The Morgan fingerprint density at radius 1 is 0.976 bits per heavy atom. The fourth-order valence-electron chi connectivity index (χ4n) is 4.92. The summed E-state index contributed by atoms with van der Waals surface area (Å²) in [7, 11) is 1.49. The molecule has 0 atom stereocenters. The van der Waals surface area contributed by atoms with Crippen LogP contribution in [-0.4, -0.2) is 38.9 Å². The Bertz CT molecular complexity index is 1810. The molecule has 2 heterocycles. The number of amides is 1. The van der Waals surface area contributed by atoms with Gasteiger partial charge in [0.2, 0.25) is 0 Å². The Morgan fingerprint density at radius 2 is 1.68 bits per heavy atom. The number of halogens is 1. The number of carboxylic acids is 1. The van der Waals surface area contributed by atoms with Crippen LogP contribution in [0.2, 0.25) is 5.02 Å². The number of fused-ring (bicyclic) bond motifs is 1. The highest BCUT2D eigenvalue weighted by molar-refractivity contribution is 6.38. The van der Waals surface area contributed by atoms with Crippen molar-refractivity contribution in [2.24, 2.45) is 0 Å². The van der Waals surface area contributed by atoms with Crippen LogP contribution in [0.15, 0.2) is 91.5 Å². The van der Waals surface area contributed by atoms with E-state index in [0.717, 1.165) is 33.5 Å². The molecule has 1 amide bonds. The lowest BCUT2D eigenvalue weighted by Crippen LogP contribution is -2.04. The van der Waals surface area contributed by atoms with Crippen molar-refractivity contribution >= 4 is 40.8 Å². The Labute approximate surface area is 240 Å². The maximum absolute atomic E-state index is 12.9. The fourth-order valence-corrected chi connectivity index (χ4v) is 5.20. The number of ether oxygens (including phenoxy) is 1. The van der Waals surface area contributed by atoms with Crippen molar-refractivity contribution in [1.29, 1.82) is 0 Å². The molecule has 0 unspecified atom stereocenters. The fraction of sp³-hybridized carbons (Fsp3) is 0.0625. The van der Waals surface area contributed by atoms with E-state index in [0.29, 0.717) is 33.2 Å². The van der Waals surface area contributed by atoms with E-state index < -0.39 is 5.97 Å². The van der Waals surface area contributed by atoms with E-state index >= 15 is 0 Å². The van der Waals surface area contributed by atoms with Crippen LogP contribution in [0.4, 0.5) is 5.69 Å². The molecule has 202 valence electrons. The molecule has 0 radical (unpaired) electrons. The van der Waals surface area contributed by atoms with E-state index in [-0.39, 0.29) is 12.3 Å². The second kappa shape index (κ2) is 10.7. The molecular weight excluding hydrogens is 540 g/mol. The third kappa shape index (κ3) is 5.20. The zero-order valence-electron chi connectivity index (χ0n) is 21.8. The van der Waals surface area contributed by atoms with Crippen LogP contribution in [0, 0.1) is 0 Å². The molecule has 0 saturated heterocycles. The van der Waals surface area contributed by atoms with Gasteiger partial charge in [-0.15, -0.1) is 0 Å². The number of hydrogen-bond donors (Lipinski definition) is 2. The van der Waals surface area contributed by atoms with Gasteiger partial charge in [-0.2, -0.15) is 5.10 Å². The van der Waals surface area contributed by atoms with E-state index in [2.05, 4.69) is 15.4 Å². The van der Waals surface area contributed by atoms with E-state index in [4.69, 9.17) is 16.3 Å². The number of aliphatic carboxylic acids is 1. The number of carbonyl (C=O) groups excluding carboxylic acids is 1. The summed E-state index contributed by atoms with van der Waals surface area (Å²) in [6, 6.07) is 25.0. The first-order valence-electron chi connectivity index (χ1n) is 12.7. The molecule has 0 spiro atoms. The number of carboxylic acid groups (broad SMARTS) is 1. The largest absolute Gasteiger partial charge is 0.496 e. The highest BCUT2D eigenvalue weighted by Crippen LogP contribution is 2.41. The second-order valence-electron chi connectivity index (χ2n) is 9.50. The van der Waals surface area contributed by atoms with Crippen molar-refractivity contribution in [3.63, 3.8) is 0 Å². The topological polar surface area (TPSA) is 106 Å². The number of carbonyl (C=O) groups is 2. The summed E-state index contributed by atoms with van der Waals surface area (Å²) in [6.07, 6.45) is 4.71. The average Bonchev–Trinajstić information content (AvgIpc) is 3.61. The first kappa shape index (κ1) is 26.0. The number of anilines is 1. The first-order valence-corrected chi connectivity index (χ1v) is 13.1. The predicted octanol–water partition coefficient (Wildman–Crippen LogP) is 6.38. The Hall–Kier alpha value is -5.21. The van der Waals surface area contributed by atoms with Gasteiger partial charge >= 0.3 is 5.97 Å². The number of nitrogens with one attached hydrogen (secondary N) is 1. The molecule has 6 rings (SSSR count). The first-order chi connectivity index (χ1) is 19.9. The minimum atomic E-state index is -0.967. The molecule has 41 heavy (non-hydrogen) atoms. The van der Waals surface area contributed by atoms with Gasteiger partial charge in [0, 0.05) is 22.3 Å². The van der Waals surface area contributed by atoms with Crippen molar-refractivity contribution in [1.82, 2.24) is 14.8 Å². The number of aromatic nitrogens is 3. The summed E-state index contributed by atoms with van der Waals surface area (Å²) in [5.74, 6) is -0.742. The quantitative estimate of drug-likeness (QED) is 0.223. The van der Waals surface area contributed by atoms with Gasteiger partial charge in [-0.1, -0.05) is 54.1 Å². The summed E-state index contributed by atoms with van der Waals surface area (Å²) in [5, 5.41) is 16.8. The normalized spacial score (nSPS) is 13.2. The lowest BCUT2D eigenvalue weighted by molar-refractivity contribution is -0.136. The summed E-state index contributed by atoms with van der Waals surface area (Å²) >= 11 is 6.67. The standard InChI is InChI=1S/C32H23ClN4O4/c1-41-30-11-2-19(12-23(30)14-31(38)39)13-27-26-15-25(28(33)16-29(26)36-32(27)40)22-5-3-20(4-6-22)21-7-9-24(10-8-21)37-18-34-17-35-37/h2-13,15-18H,14H2,1H3,(H,36,40)(H,38,39). The summed E-state index contributed by atoms with van der Waals surface area (Å²) in [6.45, 7) is 0. The van der Waals surface area contributed by atoms with Crippen molar-refractivity contribution in [2.45, 2.75) is 6.42 Å². The number of rotatable bonds is 7. The van der Waals surface area contributed by atoms with Crippen LogP contribution in [0.1, 0.15) is 16.7 Å². The van der Waals surface area contributed by atoms with Gasteiger partial charge in [-0.3, -0.25) is 9.59 Å². The average molecular weight is 563 g/mol. The Balaban J connectivity index is 1.31. The highest BCUT2D eigenvalue weighted by atomic mass is 35.5. The molecule has 8 nitrogen and oxygen atoms in total. The monoisotopic (exact) mass is 562 g/mol. The van der Waals surface area contributed by atoms with Crippen LogP contribution in [0.25, 0.3) is 39.6 Å². The molecule has 9 heteroatoms. The lowest BCUT2D eigenvalue weighted by atomic mass is 9.96. The molecule has 0 saturated carbocycles. The van der Waals surface area contributed by atoms with E-state index in [1.807, 2.05) is 54.6 Å². The predicted molar refractivity (Wildman–Crippen MR) is 158 cm³/mol. The molecule has 0 fully saturated rings. The van der Waals surface area contributed by atoms with Gasteiger partial charge in [-0.25, -0.2) is 9.67 Å². The smallest absolute Gasteiger partial charge is 0.307 e. The molecular formula is C32H23ClN4O4. The number of hydrogen-bond acceptors (Lipinski definition) is 5. The molecule has 1 aliphatic heterocycles. The summed E-state index contributed by atoms with van der Waals surface area (Å²) in [5.41, 5.74) is 7.76. The van der Waals surface area contributed by atoms with Crippen molar-refractivity contribution in [2.75, 3.05) is 12.4 Å². The van der Waals surface area contributed by atoms with E-state index in [1.54, 1.807) is 41.4 Å². The van der Waals surface area contributed by atoms with E-state index in [1.165, 1.54) is 13.4 Å². The minimum absolute atomic E-state index is 0.190. The lowest BCUT2D eigenvalue weighted by Gasteiger charge is -2.10. The van der Waals surface area contributed by atoms with Gasteiger partial charge in [0.1, 0.15) is 18.4 Å². The molecule has 0 bridgehead atoms. The maximum Gasteiger partial charge on any atom is 0.307 e. The van der Waals surface area contributed by atoms with Gasteiger partial charge in [0.05, 0.1) is 29.9 Å². The van der Waals surface area contributed by atoms with Crippen molar-refractivity contribution in [3.8, 4) is 33.7 Å². The molecule has 1 aromatic heterocycles. The summed E-state index contributed by atoms with van der Waals surface area (Å²) in [4.78, 5) is 28.2. The van der Waals surface area contributed by atoms with Crippen LogP contribution < -0.4 is 10.1 Å². The second-order valence-corrected chi connectivity index (χ2v) is 9.90. The molecule has 0 aliphatic carbocycles. The van der Waals surface area contributed by atoms with Gasteiger partial charge in [0.25, 0.3) is 5.91 Å². The zero-order valence-corrected chi connectivity index (χ0v) is 22.6. The molecule has 2 N–H and O–H groups in total. The Morgan fingerprint density at radius 3 is 2.34 bits per heavy atom. The van der Waals surface area contributed by atoms with Crippen LogP contribution in [0.5, 0.6) is 5.75 Å². The summed E-state index contributed by atoms with van der Waals surface area (Å²) < 4.78 is 7.00. The highest BCUT2D eigenvalue weighted by Gasteiger charge is 2.26. The molecule has 4 aromatic carbocycles. The van der Waals surface area contributed by atoms with Gasteiger partial charge in [0.15, 0.2) is 0 Å². The SMILES string of the molecule is COc1ccc(C=C2C(=O)Nc3cc(Cl)c(-c4ccc(-c5ccc(-n6cncn6)cc5)cc4)cc32)cc1CC(=O)O. The Kier molecular flexibility index (Phi) is 6.83. The number of nitrogens with zero attached hydrogens (tertiary/aromatic N) is 3. The van der Waals surface area contributed by atoms with Gasteiger partial charge in [-0.05, 0) is 64.7 Å². The van der Waals surface area contributed by atoms with Crippen LogP contribution in [0.3, 0.4) is 0 Å². The zero-order chi connectivity index (χ0) is 28.5. The van der Waals surface area contributed by atoms with E-state index in [9.17, 15) is 14.7 Å². The minimum Gasteiger partial charge on any atom is -0.496 e. The number of methoxy groups -OCH3 is 1. The van der Waals surface area contributed by atoms with Gasteiger partial charge < -0.3 is 15.2 Å². The van der Waals surface area contributed by atoms with Crippen molar-refractivity contribution in [3.05, 3.63) is 113 Å². The van der Waals surface area contributed by atoms with Crippen molar-refractivity contribution < 1.29 is 19.4 Å². The third-order valence-electron chi connectivity index (χ3n) is 6.93. The van der Waals surface area contributed by atoms with Crippen LogP contribution in [-0.2, 0) is 16.0 Å². The number of benzene rings is 4. The molecule has 5 aromatic rings. The molecule has 1 aliphatic rings. The third-order valence-corrected chi connectivity index (χ3v) is 7.24. The maximum atomic E-state index is 12.9. The van der Waals surface area contributed by atoms with Crippen LogP contribution >= 0.6 is 11.6 Å².